The summed E-state index contributed by atoms with van der Waals surface area (Å²) >= 11 is 1.85. The monoisotopic (exact) mass is 239 g/mol. The van der Waals surface area contributed by atoms with Gasteiger partial charge < -0.3 is 4.90 Å². The molecule has 16 heavy (non-hydrogen) atoms. The fourth-order valence-corrected chi connectivity index (χ4v) is 3.35. The highest BCUT2D eigenvalue weighted by Crippen LogP contribution is 2.44. The van der Waals surface area contributed by atoms with E-state index < -0.39 is 0 Å². The minimum atomic E-state index is 0.122. The zero-order valence-electron chi connectivity index (χ0n) is 11.0. The molecule has 0 radical (unpaired) electrons. The van der Waals surface area contributed by atoms with Gasteiger partial charge in [-0.2, -0.15) is 5.10 Å². The minimum Gasteiger partial charge on any atom is -0.325 e. The first-order chi connectivity index (χ1) is 7.21. The van der Waals surface area contributed by atoms with E-state index in [2.05, 4.69) is 62.0 Å². The molecule has 1 unspecified atom stereocenters. The Labute approximate surface area is 103 Å². The SMILES string of the molecule is CC(C)(C)C1=CSC2N1N=CN2C(C)(C)C. The van der Waals surface area contributed by atoms with E-state index >= 15 is 0 Å². The number of hydrogen-bond donors (Lipinski definition) is 0. The third-order valence-corrected chi connectivity index (χ3v) is 3.87. The highest BCUT2D eigenvalue weighted by atomic mass is 32.2. The van der Waals surface area contributed by atoms with Crippen molar-refractivity contribution in [3.8, 4) is 0 Å². The van der Waals surface area contributed by atoms with Gasteiger partial charge in [-0.3, -0.25) is 0 Å². The summed E-state index contributed by atoms with van der Waals surface area (Å²) in [7, 11) is 0. The lowest BCUT2D eigenvalue weighted by Gasteiger charge is -2.37. The van der Waals surface area contributed by atoms with Crippen LogP contribution < -0.4 is 0 Å². The number of allylic oxidation sites excluding steroid dienone is 1. The Morgan fingerprint density at radius 2 is 1.81 bits per heavy atom. The first-order valence-electron chi connectivity index (χ1n) is 5.69. The van der Waals surface area contributed by atoms with Crippen molar-refractivity contribution >= 4 is 18.1 Å². The fraction of sp³-hybridized carbons (Fsp3) is 0.750. The van der Waals surface area contributed by atoms with E-state index in [0.29, 0.717) is 5.50 Å². The third-order valence-electron chi connectivity index (χ3n) is 2.84. The molecule has 2 aliphatic heterocycles. The summed E-state index contributed by atoms with van der Waals surface area (Å²) in [6.07, 6.45) is 1.97. The predicted octanol–water partition coefficient (Wildman–Crippen LogP) is 3.26. The smallest absolute Gasteiger partial charge is 0.176 e. The van der Waals surface area contributed by atoms with Crippen LogP contribution in [0.15, 0.2) is 16.2 Å². The van der Waals surface area contributed by atoms with Gasteiger partial charge in [0.1, 0.15) is 6.34 Å². The lowest BCUT2D eigenvalue weighted by atomic mass is 9.93. The summed E-state index contributed by atoms with van der Waals surface area (Å²) in [6, 6.07) is 0. The van der Waals surface area contributed by atoms with Gasteiger partial charge in [-0.1, -0.05) is 32.5 Å². The highest BCUT2D eigenvalue weighted by Gasteiger charge is 2.42. The standard InChI is InChI=1S/C12H21N3S/c1-11(2,3)9-7-16-10-14(12(4,5)6)8-13-15(9)10/h7-8,10H,1-6H3. The van der Waals surface area contributed by atoms with Crippen LogP contribution in [-0.2, 0) is 0 Å². The van der Waals surface area contributed by atoms with Crippen LogP contribution in [0, 0.1) is 5.41 Å². The molecule has 0 saturated heterocycles. The van der Waals surface area contributed by atoms with Gasteiger partial charge in [0.05, 0.1) is 5.70 Å². The molecule has 0 spiro atoms. The minimum absolute atomic E-state index is 0.122. The molecule has 2 aliphatic rings. The van der Waals surface area contributed by atoms with Crippen molar-refractivity contribution in [3.63, 3.8) is 0 Å². The van der Waals surface area contributed by atoms with E-state index in [-0.39, 0.29) is 11.0 Å². The van der Waals surface area contributed by atoms with E-state index in [9.17, 15) is 0 Å². The van der Waals surface area contributed by atoms with Gasteiger partial charge in [0.15, 0.2) is 5.50 Å². The Morgan fingerprint density at radius 3 is 2.31 bits per heavy atom. The van der Waals surface area contributed by atoms with E-state index in [1.54, 1.807) is 0 Å². The second-order valence-electron chi connectivity index (χ2n) is 6.37. The summed E-state index contributed by atoms with van der Waals surface area (Å²) in [5.41, 5.74) is 1.91. The Kier molecular flexibility index (Phi) is 2.53. The Hall–Kier alpha value is -0.640. The molecule has 0 saturated carbocycles. The highest BCUT2D eigenvalue weighted by molar-refractivity contribution is 8.02. The largest absolute Gasteiger partial charge is 0.325 e. The normalized spacial score (nSPS) is 25.1. The second kappa shape index (κ2) is 3.42. The molecular formula is C12H21N3S. The maximum Gasteiger partial charge on any atom is 0.176 e. The Morgan fingerprint density at radius 1 is 1.19 bits per heavy atom. The Bertz CT molecular complexity index is 346. The molecular weight excluding hydrogens is 218 g/mol. The van der Waals surface area contributed by atoms with Crippen LogP contribution in [0.1, 0.15) is 41.5 Å². The van der Waals surface area contributed by atoms with E-state index in [1.165, 1.54) is 5.70 Å². The molecule has 0 aromatic heterocycles. The average Bonchev–Trinajstić information content (AvgIpc) is 2.54. The van der Waals surface area contributed by atoms with Gasteiger partial charge in [-0.05, 0) is 26.2 Å². The first-order valence-corrected chi connectivity index (χ1v) is 6.63. The third kappa shape index (κ3) is 1.83. The molecule has 0 amide bonds. The molecule has 0 aromatic carbocycles. The predicted molar refractivity (Wildman–Crippen MR) is 70.8 cm³/mol. The van der Waals surface area contributed by atoms with E-state index in [4.69, 9.17) is 0 Å². The van der Waals surface area contributed by atoms with Crippen LogP contribution in [-0.4, -0.2) is 27.3 Å². The number of thioether (sulfide) groups is 1. The molecule has 0 aromatic rings. The number of hydrogen-bond acceptors (Lipinski definition) is 4. The topological polar surface area (TPSA) is 18.8 Å². The van der Waals surface area contributed by atoms with Crippen molar-refractivity contribution in [2.45, 2.75) is 52.6 Å². The van der Waals surface area contributed by atoms with Crippen molar-refractivity contribution in [1.29, 1.82) is 0 Å². The van der Waals surface area contributed by atoms with Crippen LogP contribution in [0.3, 0.4) is 0 Å². The zero-order valence-corrected chi connectivity index (χ0v) is 11.8. The van der Waals surface area contributed by atoms with Crippen molar-refractivity contribution in [1.82, 2.24) is 9.91 Å². The van der Waals surface area contributed by atoms with E-state index in [1.807, 2.05) is 18.1 Å². The van der Waals surface area contributed by atoms with Crippen LogP contribution in [0.2, 0.25) is 0 Å². The maximum atomic E-state index is 4.54. The second-order valence-corrected chi connectivity index (χ2v) is 7.30. The van der Waals surface area contributed by atoms with Crippen molar-refractivity contribution < 1.29 is 0 Å². The summed E-state index contributed by atoms with van der Waals surface area (Å²) in [4.78, 5) is 2.31. The number of fused-ring (bicyclic) bond motifs is 1. The lowest BCUT2D eigenvalue weighted by Crippen LogP contribution is -2.46. The van der Waals surface area contributed by atoms with Gasteiger partial charge in [-0.15, -0.1) is 0 Å². The fourth-order valence-electron chi connectivity index (χ4n) is 1.85. The van der Waals surface area contributed by atoms with Crippen LogP contribution in [0.4, 0.5) is 0 Å². The lowest BCUT2D eigenvalue weighted by molar-refractivity contribution is 0.151. The molecule has 0 aliphatic carbocycles. The van der Waals surface area contributed by atoms with Crippen LogP contribution in [0.5, 0.6) is 0 Å². The quantitative estimate of drug-likeness (QED) is 0.646. The van der Waals surface area contributed by atoms with Gasteiger partial charge >= 0.3 is 0 Å². The molecule has 0 bridgehead atoms. The van der Waals surface area contributed by atoms with Crippen molar-refractivity contribution in [2.24, 2.45) is 10.5 Å². The van der Waals surface area contributed by atoms with E-state index in [0.717, 1.165) is 0 Å². The van der Waals surface area contributed by atoms with Crippen molar-refractivity contribution in [2.75, 3.05) is 0 Å². The van der Waals surface area contributed by atoms with Gasteiger partial charge in [0.25, 0.3) is 0 Å². The number of nitrogens with zero attached hydrogens (tertiary/aromatic N) is 3. The molecule has 4 heteroatoms. The maximum absolute atomic E-state index is 4.54. The molecule has 0 N–H and O–H groups in total. The van der Waals surface area contributed by atoms with Crippen LogP contribution >= 0.6 is 11.8 Å². The molecule has 1 atom stereocenters. The number of hydrazone groups is 1. The molecule has 90 valence electrons. The molecule has 2 heterocycles. The summed E-state index contributed by atoms with van der Waals surface area (Å²) in [5.74, 6) is 0. The summed E-state index contributed by atoms with van der Waals surface area (Å²) in [5, 5.41) is 8.94. The molecule has 0 fully saturated rings. The average molecular weight is 239 g/mol. The first kappa shape index (κ1) is 11.8. The zero-order chi connectivity index (χ0) is 12.1. The molecule has 3 nitrogen and oxygen atoms in total. The summed E-state index contributed by atoms with van der Waals surface area (Å²) < 4.78 is 0. The molecule has 2 rings (SSSR count). The van der Waals surface area contributed by atoms with Crippen molar-refractivity contribution in [3.05, 3.63) is 11.1 Å². The van der Waals surface area contributed by atoms with Crippen LogP contribution in [0.25, 0.3) is 0 Å². The van der Waals surface area contributed by atoms with Gasteiger partial charge in [-0.25, -0.2) is 5.01 Å². The van der Waals surface area contributed by atoms with Gasteiger partial charge in [0.2, 0.25) is 0 Å². The van der Waals surface area contributed by atoms with Gasteiger partial charge in [0, 0.05) is 11.0 Å². The summed E-state index contributed by atoms with van der Waals surface area (Å²) in [6.45, 7) is 13.4. The number of rotatable bonds is 0. The Balaban J connectivity index is 2.21.